The van der Waals surface area contributed by atoms with Gasteiger partial charge in [-0.2, -0.15) is 0 Å². The Morgan fingerprint density at radius 3 is 2.31 bits per heavy atom. The second-order valence-electron chi connectivity index (χ2n) is 7.34. The van der Waals surface area contributed by atoms with Crippen LogP contribution in [-0.2, 0) is 0 Å². The molecule has 3 rings (SSSR count). The summed E-state index contributed by atoms with van der Waals surface area (Å²) < 4.78 is 0. The zero-order chi connectivity index (χ0) is 21.1. The van der Waals surface area contributed by atoms with Gasteiger partial charge in [-0.05, 0) is 43.9 Å². The Labute approximate surface area is 167 Å². The van der Waals surface area contributed by atoms with Crippen LogP contribution in [0.4, 0.5) is 22.7 Å². The third kappa shape index (κ3) is 4.50. The third-order valence-electron chi connectivity index (χ3n) is 5.22. The molecule has 1 N–H and O–H groups in total. The van der Waals surface area contributed by atoms with E-state index in [2.05, 4.69) is 12.2 Å². The van der Waals surface area contributed by atoms with Gasteiger partial charge in [0, 0.05) is 42.0 Å². The first kappa shape index (κ1) is 20.2. The van der Waals surface area contributed by atoms with Crippen LogP contribution in [-0.4, -0.2) is 28.8 Å². The Balaban J connectivity index is 1.84. The van der Waals surface area contributed by atoms with Crippen molar-refractivity contribution in [1.29, 1.82) is 0 Å². The molecule has 152 valence electrons. The molecule has 0 aliphatic carbocycles. The highest BCUT2D eigenvalue weighted by Crippen LogP contribution is 2.32. The van der Waals surface area contributed by atoms with Gasteiger partial charge in [0.2, 0.25) is 0 Å². The molecular weight excluding hydrogens is 376 g/mol. The lowest BCUT2D eigenvalue weighted by Gasteiger charge is -2.31. The molecule has 1 amide bonds. The van der Waals surface area contributed by atoms with E-state index in [1.165, 1.54) is 24.3 Å². The van der Waals surface area contributed by atoms with Crippen molar-refractivity contribution in [3.05, 3.63) is 67.8 Å². The molecule has 1 saturated heterocycles. The maximum atomic E-state index is 12.6. The van der Waals surface area contributed by atoms with Crippen molar-refractivity contribution in [2.24, 2.45) is 5.92 Å². The normalized spacial score (nSPS) is 14.5. The number of aryl methyl sites for hydroxylation is 1. The molecule has 0 radical (unpaired) electrons. The lowest BCUT2D eigenvalue weighted by Crippen LogP contribution is -2.33. The summed E-state index contributed by atoms with van der Waals surface area (Å²) >= 11 is 0. The van der Waals surface area contributed by atoms with Gasteiger partial charge in [0.05, 0.1) is 9.85 Å². The smallest absolute Gasteiger partial charge is 0.293 e. The third-order valence-corrected chi connectivity index (χ3v) is 5.22. The summed E-state index contributed by atoms with van der Waals surface area (Å²) in [6.07, 6.45) is 1.93. The van der Waals surface area contributed by atoms with E-state index in [9.17, 15) is 25.0 Å². The largest absolute Gasteiger partial charge is 0.366 e. The van der Waals surface area contributed by atoms with E-state index in [1.54, 1.807) is 19.1 Å². The van der Waals surface area contributed by atoms with Gasteiger partial charge in [-0.3, -0.25) is 25.0 Å². The number of amides is 1. The highest BCUT2D eigenvalue weighted by atomic mass is 16.6. The predicted octanol–water partition coefficient (Wildman–Crippen LogP) is 4.30. The minimum atomic E-state index is -0.565. The molecule has 1 aliphatic rings. The van der Waals surface area contributed by atoms with Crippen molar-refractivity contribution >= 4 is 28.7 Å². The lowest BCUT2D eigenvalue weighted by atomic mass is 9.98. The van der Waals surface area contributed by atoms with Crippen molar-refractivity contribution in [2.75, 3.05) is 23.3 Å². The summed E-state index contributed by atoms with van der Waals surface area (Å²) in [4.78, 5) is 36.2. The number of hydrogen-bond acceptors (Lipinski definition) is 6. The number of nitrogens with zero attached hydrogens (tertiary/aromatic N) is 3. The Hall–Kier alpha value is -3.49. The fraction of sp³-hybridized carbons (Fsp3) is 0.350. The minimum absolute atomic E-state index is 0.108. The number of carbonyl (C=O) groups is 1. The molecule has 0 spiro atoms. The molecule has 2 aromatic rings. The number of hydrogen-bond donors (Lipinski definition) is 1. The minimum Gasteiger partial charge on any atom is -0.366 e. The van der Waals surface area contributed by atoms with Gasteiger partial charge < -0.3 is 10.2 Å². The summed E-state index contributed by atoms with van der Waals surface area (Å²) in [6, 6.07) is 8.75. The number of anilines is 2. The number of nitrogens with one attached hydrogen (secondary N) is 1. The van der Waals surface area contributed by atoms with Crippen LogP contribution in [0, 0.1) is 33.1 Å². The van der Waals surface area contributed by atoms with Crippen molar-refractivity contribution in [2.45, 2.75) is 26.7 Å². The number of carbonyl (C=O) groups excluding carboxylic acids is 1. The second-order valence-corrected chi connectivity index (χ2v) is 7.34. The first-order chi connectivity index (χ1) is 13.8. The van der Waals surface area contributed by atoms with Gasteiger partial charge in [-0.1, -0.05) is 13.0 Å². The summed E-state index contributed by atoms with van der Waals surface area (Å²) in [7, 11) is 0. The number of rotatable bonds is 5. The molecule has 1 heterocycles. The van der Waals surface area contributed by atoms with E-state index >= 15 is 0 Å². The Morgan fingerprint density at radius 1 is 1.03 bits per heavy atom. The monoisotopic (exact) mass is 398 g/mol. The van der Waals surface area contributed by atoms with Gasteiger partial charge in [-0.15, -0.1) is 0 Å². The Kier molecular flexibility index (Phi) is 5.76. The van der Waals surface area contributed by atoms with E-state index in [1.807, 2.05) is 4.90 Å². The van der Waals surface area contributed by atoms with Crippen LogP contribution in [0.3, 0.4) is 0 Å². The fourth-order valence-corrected chi connectivity index (χ4v) is 3.41. The van der Waals surface area contributed by atoms with Crippen LogP contribution < -0.4 is 10.2 Å². The Bertz CT molecular complexity index is 967. The van der Waals surface area contributed by atoms with Crippen LogP contribution in [0.2, 0.25) is 0 Å². The molecule has 0 saturated carbocycles. The number of nitro groups is 2. The number of nitro benzene ring substituents is 2. The van der Waals surface area contributed by atoms with Crippen LogP contribution in [0.25, 0.3) is 0 Å². The molecule has 9 heteroatoms. The van der Waals surface area contributed by atoms with E-state index < -0.39 is 15.8 Å². The molecule has 0 unspecified atom stereocenters. The highest BCUT2D eigenvalue weighted by molar-refractivity contribution is 6.05. The SMILES string of the molecule is Cc1ccc(NC(=O)c2ccc(N3CCC(C)CC3)c([N+](=O)[O-])c2)cc1[N+](=O)[O-]. The van der Waals surface area contributed by atoms with Crippen LogP contribution in [0.5, 0.6) is 0 Å². The average Bonchev–Trinajstić information content (AvgIpc) is 2.69. The van der Waals surface area contributed by atoms with Gasteiger partial charge >= 0.3 is 0 Å². The molecule has 29 heavy (non-hydrogen) atoms. The second kappa shape index (κ2) is 8.26. The zero-order valence-corrected chi connectivity index (χ0v) is 16.3. The van der Waals surface area contributed by atoms with Crippen LogP contribution in [0.1, 0.15) is 35.7 Å². The fourth-order valence-electron chi connectivity index (χ4n) is 3.41. The molecule has 9 nitrogen and oxygen atoms in total. The predicted molar refractivity (Wildman–Crippen MR) is 109 cm³/mol. The zero-order valence-electron chi connectivity index (χ0n) is 16.3. The van der Waals surface area contributed by atoms with Gasteiger partial charge in [0.25, 0.3) is 17.3 Å². The molecule has 2 aromatic carbocycles. The topological polar surface area (TPSA) is 119 Å². The van der Waals surface area contributed by atoms with E-state index in [0.717, 1.165) is 25.9 Å². The molecule has 0 aromatic heterocycles. The van der Waals surface area contributed by atoms with Crippen molar-refractivity contribution in [3.8, 4) is 0 Å². The average molecular weight is 398 g/mol. The molecule has 1 aliphatic heterocycles. The summed E-state index contributed by atoms with van der Waals surface area (Å²) in [5.74, 6) is 0.0268. The van der Waals surface area contributed by atoms with Crippen LogP contribution >= 0.6 is 0 Å². The van der Waals surface area contributed by atoms with E-state index in [-0.39, 0.29) is 22.6 Å². The maximum Gasteiger partial charge on any atom is 0.293 e. The first-order valence-corrected chi connectivity index (χ1v) is 9.36. The lowest BCUT2D eigenvalue weighted by molar-refractivity contribution is -0.385. The standard InChI is InChI=1S/C20H22N4O5/c1-13-7-9-22(10-8-13)17-6-4-15(11-19(17)24(28)29)20(25)21-16-5-3-14(2)18(12-16)23(26)27/h3-6,11-13H,7-10H2,1-2H3,(H,21,25). The number of piperidine rings is 1. The highest BCUT2D eigenvalue weighted by Gasteiger charge is 2.25. The van der Waals surface area contributed by atoms with Gasteiger partial charge in [0.15, 0.2) is 0 Å². The quantitative estimate of drug-likeness (QED) is 0.592. The first-order valence-electron chi connectivity index (χ1n) is 9.36. The molecule has 1 fully saturated rings. The summed E-state index contributed by atoms with van der Waals surface area (Å²) in [6.45, 7) is 5.24. The van der Waals surface area contributed by atoms with Gasteiger partial charge in [-0.25, -0.2) is 0 Å². The molecule has 0 atom stereocenters. The van der Waals surface area contributed by atoms with Gasteiger partial charge in [0.1, 0.15) is 5.69 Å². The van der Waals surface area contributed by atoms with Crippen molar-refractivity contribution in [3.63, 3.8) is 0 Å². The van der Waals surface area contributed by atoms with Crippen molar-refractivity contribution in [1.82, 2.24) is 0 Å². The van der Waals surface area contributed by atoms with Crippen LogP contribution in [0.15, 0.2) is 36.4 Å². The van der Waals surface area contributed by atoms with E-state index in [4.69, 9.17) is 0 Å². The number of benzene rings is 2. The van der Waals surface area contributed by atoms with Crippen molar-refractivity contribution < 1.29 is 14.6 Å². The Morgan fingerprint density at radius 2 is 1.69 bits per heavy atom. The summed E-state index contributed by atoms with van der Waals surface area (Å²) in [5.41, 5.74) is 1.12. The maximum absolute atomic E-state index is 12.6. The van der Waals surface area contributed by atoms with E-state index in [0.29, 0.717) is 17.2 Å². The molecular formula is C20H22N4O5. The molecule has 0 bridgehead atoms. The summed E-state index contributed by atoms with van der Waals surface area (Å²) in [5, 5.41) is 25.2.